The zero-order valence-corrected chi connectivity index (χ0v) is 12.5. The van der Waals surface area contributed by atoms with Crippen molar-refractivity contribution in [3.05, 3.63) is 48.0 Å². The number of hydrogen-bond donors (Lipinski definition) is 1. The summed E-state index contributed by atoms with van der Waals surface area (Å²) >= 11 is 0. The molecule has 2 aromatic rings. The first kappa shape index (κ1) is 13.5. The Morgan fingerprint density at radius 2 is 1.95 bits per heavy atom. The van der Waals surface area contributed by atoms with Crippen LogP contribution in [0.15, 0.2) is 47.6 Å². The Hall–Kier alpha value is -2.16. The van der Waals surface area contributed by atoms with Gasteiger partial charge in [-0.15, -0.1) is 0 Å². The first-order chi connectivity index (χ1) is 10.8. The minimum absolute atomic E-state index is 0.129. The number of carbonyl (C=O) groups is 1. The molecule has 2 aliphatic carbocycles. The molecule has 0 aliphatic heterocycles. The molecule has 2 aliphatic rings. The number of nitrogens with zero attached hydrogens (tertiary/aromatic N) is 1. The number of rotatable bonds is 3. The average molecular weight is 292 g/mol. The van der Waals surface area contributed by atoms with Crippen LogP contribution >= 0.6 is 0 Å². The Balaban J connectivity index is 1.47. The topological polar surface area (TPSA) is 41.5 Å². The molecule has 2 fully saturated rings. The van der Waals surface area contributed by atoms with Gasteiger partial charge in [0.2, 0.25) is 0 Å². The molecule has 112 valence electrons. The molecule has 2 aromatic carbocycles. The average Bonchev–Trinajstić information content (AvgIpc) is 3.17. The van der Waals surface area contributed by atoms with Crippen LogP contribution in [-0.4, -0.2) is 12.1 Å². The van der Waals surface area contributed by atoms with Crippen LogP contribution in [-0.2, 0) is 0 Å². The van der Waals surface area contributed by atoms with Crippen molar-refractivity contribution in [2.45, 2.75) is 25.7 Å². The zero-order valence-electron chi connectivity index (χ0n) is 12.5. The number of hydrogen-bond acceptors (Lipinski definition) is 2. The van der Waals surface area contributed by atoms with E-state index in [0.717, 1.165) is 22.6 Å². The van der Waals surface area contributed by atoms with Crippen LogP contribution in [0, 0.1) is 17.8 Å². The molecule has 1 N–H and O–H groups in total. The van der Waals surface area contributed by atoms with Crippen molar-refractivity contribution in [3.8, 4) is 0 Å². The van der Waals surface area contributed by atoms with E-state index in [4.69, 9.17) is 0 Å². The summed E-state index contributed by atoms with van der Waals surface area (Å²) in [4.78, 5) is 12.4. The quantitative estimate of drug-likeness (QED) is 0.674. The Bertz CT molecular complexity index is 732. The lowest BCUT2D eigenvalue weighted by atomic mass is 9.90. The van der Waals surface area contributed by atoms with Crippen molar-refractivity contribution in [2.75, 3.05) is 0 Å². The first-order valence-corrected chi connectivity index (χ1v) is 8.12. The molecule has 2 bridgehead atoms. The molecule has 0 aromatic heterocycles. The summed E-state index contributed by atoms with van der Waals surface area (Å²) in [5, 5.41) is 6.28. The lowest BCUT2D eigenvalue weighted by Gasteiger charge is -2.16. The van der Waals surface area contributed by atoms with Gasteiger partial charge in [0.05, 0.1) is 0 Å². The van der Waals surface area contributed by atoms with Crippen molar-refractivity contribution in [2.24, 2.45) is 22.9 Å². The molecule has 0 unspecified atom stereocenters. The van der Waals surface area contributed by atoms with E-state index in [9.17, 15) is 4.79 Å². The highest BCUT2D eigenvalue weighted by Crippen LogP contribution is 2.47. The third kappa shape index (κ3) is 2.41. The van der Waals surface area contributed by atoms with E-state index in [1.807, 2.05) is 48.7 Å². The summed E-state index contributed by atoms with van der Waals surface area (Å²) in [5.74, 6) is 2.13. The minimum atomic E-state index is -0.129. The van der Waals surface area contributed by atoms with Crippen LogP contribution in [0.5, 0.6) is 0 Å². The molecular formula is C19H20N2O. The van der Waals surface area contributed by atoms with Gasteiger partial charge in [-0.1, -0.05) is 42.8 Å². The van der Waals surface area contributed by atoms with Crippen LogP contribution in [0.1, 0.15) is 36.0 Å². The standard InChI is InChI=1S/C19H20N2O/c22-19(18-7-3-5-14-4-1-2-6-17(14)18)21-20-12-16-11-13-8-9-15(16)10-13/h1-7,12-13,15-16H,8-11H2,(H,21,22)/b20-12-/t13-,15+,16-/m0/s1. The molecule has 1 amide bonds. The normalized spacial score (nSPS) is 26.8. The van der Waals surface area contributed by atoms with Crippen molar-refractivity contribution in [3.63, 3.8) is 0 Å². The lowest BCUT2D eigenvalue weighted by Crippen LogP contribution is -2.20. The molecule has 3 nitrogen and oxygen atoms in total. The summed E-state index contributed by atoms with van der Waals surface area (Å²) < 4.78 is 0. The second-order valence-electron chi connectivity index (χ2n) is 6.58. The van der Waals surface area contributed by atoms with Crippen molar-refractivity contribution >= 4 is 22.9 Å². The van der Waals surface area contributed by atoms with Crippen LogP contribution in [0.3, 0.4) is 0 Å². The van der Waals surface area contributed by atoms with Crippen LogP contribution in [0.2, 0.25) is 0 Å². The van der Waals surface area contributed by atoms with Crippen LogP contribution in [0.25, 0.3) is 10.8 Å². The van der Waals surface area contributed by atoms with Crippen LogP contribution in [0.4, 0.5) is 0 Å². The molecular weight excluding hydrogens is 272 g/mol. The van der Waals surface area contributed by atoms with Gasteiger partial charge in [0.1, 0.15) is 0 Å². The second-order valence-corrected chi connectivity index (χ2v) is 6.58. The van der Waals surface area contributed by atoms with Crippen LogP contribution < -0.4 is 5.43 Å². The van der Waals surface area contributed by atoms with Gasteiger partial charge < -0.3 is 0 Å². The Labute approximate surface area is 130 Å². The predicted octanol–water partition coefficient (Wildman–Crippen LogP) is 3.99. The predicted molar refractivity (Wildman–Crippen MR) is 88.8 cm³/mol. The molecule has 4 rings (SSSR count). The van der Waals surface area contributed by atoms with Crippen molar-refractivity contribution in [1.29, 1.82) is 0 Å². The molecule has 2 saturated carbocycles. The molecule has 0 radical (unpaired) electrons. The maximum absolute atomic E-state index is 12.4. The maximum atomic E-state index is 12.4. The highest BCUT2D eigenvalue weighted by Gasteiger charge is 2.38. The number of hydrazone groups is 1. The second kappa shape index (κ2) is 5.56. The number of benzene rings is 2. The Morgan fingerprint density at radius 1 is 1.09 bits per heavy atom. The van der Waals surface area contributed by atoms with Gasteiger partial charge in [-0.2, -0.15) is 5.10 Å². The number of fused-ring (bicyclic) bond motifs is 3. The summed E-state index contributed by atoms with van der Waals surface area (Å²) in [7, 11) is 0. The molecule has 0 spiro atoms. The van der Waals surface area contributed by atoms with Gasteiger partial charge in [0, 0.05) is 11.8 Å². The molecule has 3 heteroatoms. The lowest BCUT2D eigenvalue weighted by molar-refractivity contribution is 0.0956. The number of nitrogens with one attached hydrogen (secondary N) is 1. The zero-order chi connectivity index (χ0) is 14.9. The van der Waals surface area contributed by atoms with E-state index in [1.54, 1.807) is 0 Å². The SMILES string of the molecule is O=C(N/N=C\[C@@H]1C[C@H]2CC[C@@H]1C2)c1cccc2ccccc12. The van der Waals surface area contributed by atoms with E-state index in [-0.39, 0.29) is 5.91 Å². The van der Waals surface area contributed by atoms with Gasteiger partial charge in [0.15, 0.2) is 0 Å². The van der Waals surface area contributed by atoms with E-state index in [0.29, 0.717) is 11.5 Å². The van der Waals surface area contributed by atoms with Crippen molar-refractivity contribution < 1.29 is 4.79 Å². The fraction of sp³-hybridized carbons (Fsp3) is 0.368. The van der Waals surface area contributed by atoms with Gasteiger partial charge in [-0.25, -0.2) is 5.43 Å². The highest BCUT2D eigenvalue weighted by molar-refractivity contribution is 6.07. The van der Waals surface area contributed by atoms with Crippen molar-refractivity contribution in [1.82, 2.24) is 5.43 Å². The van der Waals surface area contributed by atoms with E-state index in [2.05, 4.69) is 10.5 Å². The maximum Gasteiger partial charge on any atom is 0.271 e. The number of amides is 1. The fourth-order valence-electron chi connectivity index (χ4n) is 4.15. The summed E-state index contributed by atoms with van der Waals surface area (Å²) in [6.45, 7) is 0. The Kier molecular flexibility index (Phi) is 3.41. The molecule has 0 heterocycles. The van der Waals surface area contributed by atoms with Gasteiger partial charge in [-0.3, -0.25) is 4.79 Å². The smallest absolute Gasteiger partial charge is 0.267 e. The third-order valence-electron chi connectivity index (χ3n) is 5.26. The number of carbonyl (C=O) groups excluding carboxylic acids is 1. The highest BCUT2D eigenvalue weighted by atomic mass is 16.2. The minimum Gasteiger partial charge on any atom is -0.267 e. The first-order valence-electron chi connectivity index (χ1n) is 8.12. The molecule has 0 saturated heterocycles. The van der Waals surface area contributed by atoms with E-state index >= 15 is 0 Å². The molecule has 22 heavy (non-hydrogen) atoms. The summed E-state index contributed by atoms with van der Waals surface area (Å²) in [5.41, 5.74) is 3.39. The van der Waals surface area contributed by atoms with Gasteiger partial charge in [0.25, 0.3) is 5.91 Å². The third-order valence-corrected chi connectivity index (χ3v) is 5.26. The molecule has 3 atom stereocenters. The van der Waals surface area contributed by atoms with E-state index in [1.165, 1.54) is 25.7 Å². The Morgan fingerprint density at radius 3 is 2.77 bits per heavy atom. The fourth-order valence-corrected chi connectivity index (χ4v) is 4.15. The summed E-state index contributed by atoms with van der Waals surface area (Å²) in [6.07, 6.45) is 7.29. The van der Waals surface area contributed by atoms with E-state index < -0.39 is 0 Å². The monoisotopic (exact) mass is 292 g/mol. The van der Waals surface area contributed by atoms with Gasteiger partial charge >= 0.3 is 0 Å². The summed E-state index contributed by atoms with van der Waals surface area (Å²) in [6, 6.07) is 13.7. The largest absolute Gasteiger partial charge is 0.271 e. The van der Waals surface area contributed by atoms with Gasteiger partial charge in [-0.05, 0) is 53.9 Å².